The normalized spacial score (nSPS) is 22.6. The molecule has 5 N–H and O–H groups in total. The molecule has 0 saturated heterocycles. The summed E-state index contributed by atoms with van der Waals surface area (Å²) >= 11 is 0. The second kappa shape index (κ2) is 4.70. The first-order valence-corrected chi connectivity index (χ1v) is 5.85. The molecule has 0 saturated carbocycles. The first-order chi connectivity index (χ1) is 8.49. The van der Waals surface area contributed by atoms with Crippen molar-refractivity contribution >= 4 is 5.84 Å². The lowest BCUT2D eigenvalue weighted by Crippen LogP contribution is -2.49. The third-order valence-corrected chi connectivity index (χ3v) is 2.53. The summed E-state index contributed by atoms with van der Waals surface area (Å²) in [6.07, 6.45) is 3.51. The van der Waals surface area contributed by atoms with Crippen molar-refractivity contribution in [2.45, 2.75) is 25.7 Å². The van der Waals surface area contributed by atoms with Gasteiger partial charge in [0.05, 0.1) is 6.10 Å². The highest BCUT2D eigenvalue weighted by Crippen LogP contribution is 2.22. The number of rotatable bonds is 3. The van der Waals surface area contributed by atoms with Gasteiger partial charge in [-0.25, -0.2) is 4.99 Å². The molecule has 0 radical (unpaired) electrons. The molecule has 0 amide bonds. The van der Waals surface area contributed by atoms with Gasteiger partial charge in [-0.2, -0.15) is 0 Å². The molecule has 1 unspecified atom stereocenters. The zero-order valence-electron chi connectivity index (χ0n) is 10.6. The summed E-state index contributed by atoms with van der Waals surface area (Å²) in [5, 5.41) is 2.99. The van der Waals surface area contributed by atoms with Gasteiger partial charge in [-0.3, -0.25) is 5.73 Å². The zero-order chi connectivity index (χ0) is 13.2. The summed E-state index contributed by atoms with van der Waals surface area (Å²) in [5.41, 5.74) is 12.6. The van der Waals surface area contributed by atoms with Gasteiger partial charge in [-0.05, 0) is 44.2 Å². The second-order valence-corrected chi connectivity index (χ2v) is 4.47. The van der Waals surface area contributed by atoms with Crippen molar-refractivity contribution in [1.82, 2.24) is 5.32 Å². The van der Waals surface area contributed by atoms with E-state index in [0.29, 0.717) is 5.84 Å². The lowest BCUT2D eigenvalue weighted by molar-refractivity contribution is 0.242. The number of nitrogens with one attached hydrogen (secondary N) is 1. The Morgan fingerprint density at radius 3 is 2.50 bits per heavy atom. The largest absolute Gasteiger partial charge is 0.491 e. The minimum atomic E-state index is -1.00. The Bertz CT molecular complexity index is 478. The minimum Gasteiger partial charge on any atom is -0.491 e. The van der Waals surface area contributed by atoms with Gasteiger partial charge in [-0.1, -0.05) is 0 Å². The fraction of sp³-hybridized carbons (Fsp3) is 0.308. The molecule has 18 heavy (non-hydrogen) atoms. The average Bonchev–Trinajstić information content (AvgIpc) is 2.28. The van der Waals surface area contributed by atoms with Crippen LogP contribution in [-0.4, -0.2) is 11.9 Å². The monoisotopic (exact) mass is 246 g/mol. The number of nitrogens with zero attached hydrogens (tertiary/aromatic N) is 1. The number of amidine groups is 1. The van der Waals surface area contributed by atoms with E-state index in [9.17, 15) is 0 Å². The van der Waals surface area contributed by atoms with Crippen LogP contribution >= 0.6 is 0 Å². The summed E-state index contributed by atoms with van der Waals surface area (Å²) in [4.78, 5) is 4.21. The van der Waals surface area contributed by atoms with Crippen LogP contribution in [0.3, 0.4) is 0 Å². The van der Waals surface area contributed by atoms with Gasteiger partial charge in [0.15, 0.2) is 0 Å². The Labute approximate surface area is 107 Å². The zero-order valence-corrected chi connectivity index (χ0v) is 10.6. The molecule has 0 spiro atoms. The summed E-state index contributed by atoms with van der Waals surface area (Å²) in [7, 11) is 0. The second-order valence-electron chi connectivity index (χ2n) is 4.47. The molecule has 1 atom stereocenters. The predicted molar refractivity (Wildman–Crippen MR) is 72.0 cm³/mol. The summed E-state index contributed by atoms with van der Waals surface area (Å²) < 4.78 is 5.57. The van der Waals surface area contributed by atoms with Gasteiger partial charge < -0.3 is 15.8 Å². The Hall–Kier alpha value is -2.01. The maximum absolute atomic E-state index is 6.15. The average molecular weight is 246 g/mol. The van der Waals surface area contributed by atoms with E-state index < -0.39 is 5.79 Å². The Kier molecular flexibility index (Phi) is 3.25. The third kappa shape index (κ3) is 2.62. The van der Waals surface area contributed by atoms with Crippen LogP contribution in [0.5, 0.6) is 5.75 Å². The molecule has 1 aromatic carbocycles. The van der Waals surface area contributed by atoms with Crippen molar-refractivity contribution in [2.75, 3.05) is 0 Å². The molecule has 5 nitrogen and oxygen atoms in total. The molecule has 1 aliphatic heterocycles. The SMILES string of the molecule is CC(C)Oc1ccc(C2(N)N=C(N)C=CN2)cc1. The molecule has 0 aliphatic carbocycles. The van der Waals surface area contributed by atoms with Crippen molar-refractivity contribution in [3.05, 3.63) is 42.1 Å². The first-order valence-electron chi connectivity index (χ1n) is 5.85. The molecule has 1 aromatic rings. The molecule has 2 rings (SSSR count). The lowest BCUT2D eigenvalue weighted by atomic mass is 10.1. The quantitative estimate of drug-likeness (QED) is 0.743. The molecule has 0 fully saturated rings. The van der Waals surface area contributed by atoms with Crippen LogP contribution in [0, 0.1) is 0 Å². The van der Waals surface area contributed by atoms with Gasteiger partial charge in [0.1, 0.15) is 11.6 Å². The van der Waals surface area contributed by atoms with Gasteiger partial charge in [0, 0.05) is 11.8 Å². The van der Waals surface area contributed by atoms with Crippen LogP contribution in [0.2, 0.25) is 0 Å². The Morgan fingerprint density at radius 2 is 1.94 bits per heavy atom. The number of hydrogen-bond acceptors (Lipinski definition) is 5. The number of hydrogen-bond donors (Lipinski definition) is 3. The molecular formula is C13H18N4O. The van der Waals surface area contributed by atoms with Crippen LogP contribution in [0.15, 0.2) is 41.5 Å². The highest BCUT2D eigenvalue weighted by Gasteiger charge is 2.27. The molecule has 1 heterocycles. The van der Waals surface area contributed by atoms with E-state index in [4.69, 9.17) is 16.2 Å². The molecule has 1 aliphatic rings. The number of nitrogens with two attached hydrogens (primary N) is 2. The summed E-state index contributed by atoms with van der Waals surface area (Å²) in [5.74, 6) is 0.203. The van der Waals surface area contributed by atoms with Gasteiger partial charge in [0.25, 0.3) is 0 Å². The smallest absolute Gasteiger partial charge is 0.211 e. The van der Waals surface area contributed by atoms with E-state index in [2.05, 4.69) is 10.3 Å². The fourth-order valence-electron chi connectivity index (χ4n) is 1.73. The highest BCUT2D eigenvalue weighted by atomic mass is 16.5. The van der Waals surface area contributed by atoms with Crippen molar-refractivity contribution < 1.29 is 4.74 Å². The van der Waals surface area contributed by atoms with Gasteiger partial charge in [-0.15, -0.1) is 0 Å². The molecule has 0 bridgehead atoms. The van der Waals surface area contributed by atoms with Crippen molar-refractivity contribution in [3.8, 4) is 5.75 Å². The first kappa shape index (κ1) is 12.4. The highest BCUT2D eigenvalue weighted by molar-refractivity contribution is 5.92. The van der Waals surface area contributed by atoms with Crippen LogP contribution in [0.1, 0.15) is 19.4 Å². The van der Waals surface area contributed by atoms with E-state index in [0.717, 1.165) is 11.3 Å². The Morgan fingerprint density at radius 1 is 1.28 bits per heavy atom. The minimum absolute atomic E-state index is 0.145. The molecule has 5 heteroatoms. The van der Waals surface area contributed by atoms with E-state index in [1.165, 1.54) is 0 Å². The van der Waals surface area contributed by atoms with E-state index in [1.54, 1.807) is 12.3 Å². The standard InChI is InChI=1S/C13H18N4O/c1-9(2)18-11-5-3-10(4-6-11)13(15)16-8-7-12(14)17-13/h3-9,16H,15H2,1-2H3,(H2,14,17). The van der Waals surface area contributed by atoms with Gasteiger partial charge >= 0.3 is 0 Å². The van der Waals surface area contributed by atoms with E-state index in [-0.39, 0.29) is 6.10 Å². The van der Waals surface area contributed by atoms with Crippen molar-refractivity contribution in [1.29, 1.82) is 0 Å². The van der Waals surface area contributed by atoms with Crippen LogP contribution in [0.25, 0.3) is 0 Å². The summed E-state index contributed by atoms with van der Waals surface area (Å²) in [6, 6.07) is 7.49. The van der Waals surface area contributed by atoms with Gasteiger partial charge in [0.2, 0.25) is 5.79 Å². The molecule has 96 valence electrons. The predicted octanol–water partition coefficient (Wildman–Crippen LogP) is 1.02. The topological polar surface area (TPSA) is 85.7 Å². The fourth-order valence-corrected chi connectivity index (χ4v) is 1.73. The maximum atomic E-state index is 6.15. The number of ether oxygens (including phenoxy) is 1. The Balaban J connectivity index is 2.22. The van der Waals surface area contributed by atoms with Crippen LogP contribution in [-0.2, 0) is 5.79 Å². The van der Waals surface area contributed by atoms with Crippen molar-refractivity contribution in [2.24, 2.45) is 16.5 Å². The van der Waals surface area contributed by atoms with Crippen LogP contribution < -0.4 is 21.5 Å². The number of benzene rings is 1. The molecule has 0 aromatic heterocycles. The summed E-state index contributed by atoms with van der Waals surface area (Å²) in [6.45, 7) is 3.97. The number of aliphatic imine (C=N–C) groups is 1. The maximum Gasteiger partial charge on any atom is 0.211 e. The lowest BCUT2D eigenvalue weighted by Gasteiger charge is -2.28. The van der Waals surface area contributed by atoms with E-state index >= 15 is 0 Å². The molecular weight excluding hydrogens is 228 g/mol. The third-order valence-electron chi connectivity index (χ3n) is 2.53. The van der Waals surface area contributed by atoms with E-state index in [1.807, 2.05) is 38.1 Å². The van der Waals surface area contributed by atoms with Crippen LogP contribution in [0.4, 0.5) is 0 Å². The van der Waals surface area contributed by atoms with Crippen molar-refractivity contribution in [3.63, 3.8) is 0 Å².